The van der Waals surface area contributed by atoms with Gasteiger partial charge in [0.1, 0.15) is 18.2 Å². The van der Waals surface area contributed by atoms with Crippen LogP contribution in [0.2, 0.25) is 0 Å². The summed E-state index contributed by atoms with van der Waals surface area (Å²) in [5.74, 6) is 0. The summed E-state index contributed by atoms with van der Waals surface area (Å²) in [6.45, 7) is 2.23. The molecule has 4 heterocycles. The summed E-state index contributed by atoms with van der Waals surface area (Å²) < 4.78 is 5.77. The molecule has 1 saturated heterocycles. The molecule has 3 aromatic heterocycles. The Morgan fingerprint density at radius 2 is 2.27 bits per heavy atom. The maximum Gasteiger partial charge on any atom is 0.219 e. The van der Waals surface area contributed by atoms with Crippen LogP contribution in [0.15, 0.2) is 42.9 Å². The molecule has 1 fully saturated rings. The predicted octanol–water partition coefficient (Wildman–Crippen LogP) is 0.748. The Hall–Kier alpha value is -2.85. The number of pyridine rings is 2. The van der Waals surface area contributed by atoms with Crippen LogP contribution in [0.4, 0.5) is 5.69 Å². The molecule has 3 aromatic rings. The van der Waals surface area contributed by atoms with Crippen molar-refractivity contribution in [2.75, 3.05) is 31.6 Å². The first-order valence-corrected chi connectivity index (χ1v) is 8.58. The van der Waals surface area contributed by atoms with E-state index >= 15 is 0 Å². The number of aromatic nitrogens is 5. The number of hydrogen-bond donors (Lipinski definition) is 1. The largest absolute Gasteiger partial charge is 0.391 e. The maximum atomic E-state index is 5.77. The molecule has 1 unspecified atom stereocenters. The number of anilines is 1. The summed E-state index contributed by atoms with van der Waals surface area (Å²) in [6.07, 6.45) is 4.99. The number of morpholine rings is 1. The SMILES string of the molecule is S=C(Nc1cccnc1)N1CCOC(COn2nnc3cccnc32)C1. The molecule has 0 spiro atoms. The Morgan fingerprint density at radius 1 is 1.35 bits per heavy atom. The van der Waals surface area contributed by atoms with Crippen molar-refractivity contribution in [2.45, 2.75) is 6.10 Å². The summed E-state index contributed by atoms with van der Waals surface area (Å²) in [6, 6.07) is 7.41. The lowest BCUT2D eigenvalue weighted by Crippen LogP contribution is -2.49. The predicted molar refractivity (Wildman–Crippen MR) is 98.5 cm³/mol. The normalized spacial score (nSPS) is 17.2. The summed E-state index contributed by atoms with van der Waals surface area (Å²) in [5, 5.41) is 11.8. The van der Waals surface area contributed by atoms with Crippen LogP contribution in [0.5, 0.6) is 0 Å². The minimum atomic E-state index is -0.139. The van der Waals surface area contributed by atoms with E-state index in [9.17, 15) is 0 Å². The number of hydrogen-bond acceptors (Lipinski definition) is 7. The van der Waals surface area contributed by atoms with Gasteiger partial charge in [-0.15, -0.1) is 5.10 Å². The molecule has 10 heteroatoms. The Morgan fingerprint density at radius 3 is 3.15 bits per heavy atom. The first kappa shape index (κ1) is 16.6. The van der Waals surface area contributed by atoms with E-state index in [2.05, 4.69) is 30.5 Å². The first-order chi connectivity index (χ1) is 12.8. The highest BCUT2D eigenvalue weighted by molar-refractivity contribution is 7.80. The van der Waals surface area contributed by atoms with Crippen LogP contribution >= 0.6 is 12.2 Å². The number of fused-ring (bicyclic) bond motifs is 1. The molecule has 0 radical (unpaired) electrons. The van der Waals surface area contributed by atoms with Crippen molar-refractivity contribution in [3.63, 3.8) is 0 Å². The van der Waals surface area contributed by atoms with Gasteiger partial charge in [0.05, 0.1) is 18.5 Å². The van der Waals surface area contributed by atoms with Crippen LogP contribution in [0.25, 0.3) is 11.2 Å². The van der Waals surface area contributed by atoms with Crippen LogP contribution in [-0.4, -0.2) is 67.5 Å². The van der Waals surface area contributed by atoms with Crippen molar-refractivity contribution < 1.29 is 9.57 Å². The van der Waals surface area contributed by atoms with Gasteiger partial charge < -0.3 is 19.8 Å². The molecule has 9 nitrogen and oxygen atoms in total. The van der Waals surface area contributed by atoms with Crippen LogP contribution in [-0.2, 0) is 4.74 Å². The number of thiocarbonyl (C=S) groups is 1. The topological polar surface area (TPSA) is 90.2 Å². The van der Waals surface area contributed by atoms with Gasteiger partial charge in [0.2, 0.25) is 5.65 Å². The van der Waals surface area contributed by atoms with Crippen molar-refractivity contribution in [1.29, 1.82) is 0 Å². The van der Waals surface area contributed by atoms with E-state index in [0.29, 0.717) is 36.0 Å². The van der Waals surface area contributed by atoms with Gasteiger partial charge in [0, 0.05) is 25.5 Å². The first-order valence-electron chi connectivity index (χ1n) is 8.17. The molecule has 0 aromatic carbocycles. The van der Waals surface area contributed by atoms with Gasteiger partial charge in [-0.05, 0) is 41.7 Å². The van der Waals surface area contributed by atoms with E-state index < -0.39 is 0 Å². The molecule has 134 valence electrons. The summed E-state index contributed by atoms with van der Waals surface area (Å²) >= 11 is 5.49. The Balaban J connectivity index is 1.34. The van der Waals surface area contributed by atoms with Crippen LogP contribution in [0, 0.1) is 0 Å². The lowest BCUT2D eigenvalue weighted by Gasteiger charge is -2.34. The molecule has 1 N–H and O–H groups in total. The van der Waals surface area contributed by atoms with E-state index in [-0.39, 0.29) is 6.10 Å². The summed E-state index contributed by atoms with van der Waals surface area (Å²) in [5.41, 5.74) is 2.12. The van der Waals surface area contributed by atoms with Gasteiger partial charge in [-0.1, -0.05) is 4.85 Å². The van der Waals surface area contributed by atoms with Gasteiger partial charge in [-0.3, -0.25) is 4.98 Å². The highest BCUT2D eigenvalue weighted by Gasteiger charge is 2.23. The van der Waals surface area contributed by atoms with Crippen LogP contribution in [0.3, 0.4) is 0 Å². The van der Waals surface area contributed by atoms with Gasteiger partial charge in [0.25, 0.3) is 0 Å². The van der Waals surface area contributed by atoms with Gasteiger partial charge in [-0.2, -0.15) is 0 Å². The van der Waals surface area contributed by atoms with Gasteiger partial charge in [0.15, 0.2) is 5.11 Å². The van der Waals surface area contributed by atoms with E-state index in [1.807, 2.05) is 18.2 Å². The molecule has 1 aliphatic rings. The average molecular weight is 371 g/mol. The third-order valence-electron chi connectivity index (χ3n) is 3.90. The highest BCUT2D eigenvalue weighted by Crippen LogP contribution is 2.10. The zero-order valence-corrected chi connectivity index (χ0v) is 14.7. The Labute approximate surface area is 154 Å². The van der Waals surface area contributed by atoms with Crippen molar-refractivity contribution in [3.05, 3.63) is 42.9 Å². The molecule has 4 rings (SSSR count). The van der Waals surface area contributed by atoms with E-state index in [1.165, 1.54) is 4.85 Å². The zero-order chi connectivity index (χ0) is 17.8. The zero-order valence-electron chi connectivity index (χ0n) is 13.9. The van der Waals surface area contributed by atoms with E-state index in [4.69, 9.17) is 21.8 Å². The fraction of sp³-hybridized carbons (Fsp3) is 0.312. The average Bonchev–Trinajstić information content (AvgIpc) is 3.10. The monoisotopic (exact) mass is 371 g/mol. The fourth-order valence-electron chi connectivity index (χ4n) is 2.63. The smallest absolute Gasteiger partial charge is 0.219 e. The summed E-state index contributed by atoms with van der Waals surface area (Å²) in [4.78, 5) is 17.4. The molecule has 1 aliphatic heterocycles. The van der Waals surface area contributed by atoms with E-state index in [1.54, 1.807) is 24.7 Å². The lowest BCUT2D eigenvalue weighted by atomic mass is 10.3. The molecule has 0 saturated carbocycles. The van der Waals surface area contributed by atoms with Crippen LogP contribution in [0.1, 0.15) is 0 Å². The third kappa shape index (κ3) is 3.70. The number of ether oxygens (including phenoxy) is 1. The second-order valence-corrected chi connectivity index (χ2v) is 6.10. The second-order valence-electron chi connectivity index (χ2n) is 5.71. The van der Waals surface area contributed by atoms with Crippen molar-refractivity contribution >= 4 is 34.2 Å². The highest BCUT2D eigenvalue weighted by atomic mass is 32.1. The third-order valence-corrected chi connectivity index (χ3v) is 4.26. The molecule has 0 amide bonds. The van der Waals surface area contributed by atoms with Crippen molar-refractivity contribution in [2.24, 2.45) is 0 Å². The maximum absolute atomic E-state index is 5.77. The van der Waals surface area contributed by atoms with Crippen molar-refractivity contribution in [3.8, 4) is 0 Å². The minimum absolute atomic E-state index is 0.139. The quantitative estimate of drug-likeness (QED) is 0.667. The van der Waals surface area contributed by atoms with Gasteiger partial charge in [-0.25, -0.2) is 4.98 Å². The minimum Gasteiger partial charge on any atom is -0.391 e. The van der Waals surface area contributed by atoms with Gasteiger partial charge >= 0.3 is 0 Å². The lowest BCUT2D eigenvalue weighted by molar-refractivity contribution is -0.0609. The number of nitrogens with zero attached hydrogens (tertiary/aromatic N) is 6. The Kier molecular flexibility index (Phi) is 4.84. The molecule has 0 aliphatic carbocycles. The molecule has 26 heavy (non-hydrogen) atoms. The number of rotatable bonds is 4. The fourth-order valence-corrected chi connectivity index (χ4v) is 2.91. The summed E-state index contributed by atoms with van der Waals surface area (Å²) in [7, 11) is 0. The van der Waals surface area contributed by atoms with Crippen LogP contribution < -0.4 is 10.2 Å². The van der Waals surface area contributed by atoms with Crippen molar-refractivity contribution in [1.82, 2.24) is 30.0 Å². The Bertz CT molecular complexity index is 888. The standard InChI is InChI=1S/C16H17N7O2S/c26-16(19-12-3-1-5-17-9-12)22-7-8-24-13(10-22)11-25-23-15-14(20-21-23)4-2-6-18-15/h1-6,9,13H,7-8,10-11H2,(H,19,26). The second kappa shape index (κ2) is 7.58. The molecular formula is C16H17N7O2S. The molecule has 0 bridgehead atoms. The van der Waals surface area contributed by atoms with E-state index in [0.717, 1.165) is 12.2 Å². The molecule has 1 atom stereocenters. The number of nitrogens with one attached hydrogen (secondary N) is 1. The molecular weight excluding hydrogens is 354 g/mol.